The molecule has 0 bridgehead atoms. The Labute approximate surface area is 218 Å². The van der Waals surface area contributed by atoms with Crippen molar-refractivity contribution in [1.82, 2.24) is 29.9 Å². The lowest BCUT2D eigenvalue weighted by Crippen LogP contribution is -2.60. The highest BCUT2D eigenvalue weighted by Crippen LogP contribution is 2.31. The molecule has 2 aromatic heterocycles. The predicted octanol–water partition coefficient (Wildman–Crippen LogP) is 4.15. The van der Waals surface area contributed by atoms with Crippen molar-refractivity contribution in [3.05, 3.63) is 41.4 Å². The van der Waals surface area contributed by atoms with Gasteiger partial charge in [0.15, 0.2) is 0 Å². The maximum absolute atomic E-state index is 12.9. The van der Waals surface area contributed by atoms with Crippen LogP contribution in [0.2, 0.25) is 5.02 Å². The van der Waals surface area contributed by atoms with Crippen molar-refractivity contribution in [3.63, 3.8) is 0 Å². The molecule has 2 aromatic rings. The summed E-state index contributed by atoms with van der Waals surface area (Å²) in [7, 11) is 0. The van der Waals surface area contributed by atoms with Gasteiger partial charge in [-0.1, -0.05) is 11.6 Å². The second-order valence-electron chi connectivity index (χ2n) is 10.4. The fourth-order valence-corrected chi connectivity index (χ4v) is 4.23. The Balaban J connectivity index is 1.80. The molecule has 3 rings (SSSR count). The zero-order valence-electron chi connectivity index (χ0n) is 21.5. The fraction of sp³-hybridized carbons (Fsp3) is 0.583. The first kappa shape index (κ1) is 28.7. The number of hydrogen-bond acceptors (Lipinski definition) is 6. The second kappa shape index (κ2) is 10.9. The average Bonchev–Trinajstić information content (AvgIpc) is 3.27. The number of rotatable bonds is 6. The molecule has 1 saturated heterocycles. The largest absolute Gasteiger partial charge is 0.444 e. The quantitative estimate of drug-likeness (QED) is 0.587. The van der Waals surface area contributed by atoms with E-state index in [2.05, 4.69) is 15.0 Å². The van der Waals surface area contributed by atoms with Gasteiger partial charge in [-0.2, -0.15) is 18.3 Å². The number of alkyl halides is 3. The highest BCUT2D eigenvalue weighted by Gasteiger charge is 2.41. The molecule has 204 valence electrons. The molecular formula is C24H32ClF3N6O3. The predicted molar refractivity (Wildman–Crippen MR) is 131 cm³/mol. The number of aromatic nitrogens is 3. The highest BCUT2D eigenvalue weighted by molar-refractivity contribution is 6.30. The second-order valence-corrected chi connectivity index (χ2v) is 10.9. The van der Waals surface area contributed by atoms with Crippen molar-refractivity contribution in [3.8, 4) is 5.69 Å². The Kier molecular flexibility index (Phi) is 8.43. The minimum atomic E-state index is -4.53. The minimum Gasteiger partial charge on any atom is -0.444 e. The van der Waals surface area contributed by atoms with Crippen LogP contribution in [0.1, 0.15) is 46.7 Å². The monoisotopic (exact) mass is 544 g/mol. The van der Waals surface area contributed by atoms with Crippen LogP contribution in [0.15, 0.2) is 30.7 Å². The first-order valence-electron chi connectivity index (χ1n) is 11.8. The molecule has 1 atom stereocenters. The van der Waals surface area contributed by atoms with E-state index in [9.17, 15) is 22.8 Å². The van der Waals surface area contributed by atoms with Gasteiger partial charge in [-0.25, -0.2) is 9.48 Å². The van der Waals surface area contributed by atoms with Gasteiger partial charge >= 0.3 is 12.3 Å². The summed E-state index contributed by atoms with van der Waals surface area (Å²) in [6.07, 6.45) is -0.512. The van der Waals surface area contributed by atoms with Crippen molar-refractivity contribution < 1.29 is 27.5 Å². The summed E-state index contributed by atoms with van der Waals surface area (Å²) in [4.78, 5) is 32.8. The van der Waals surface area contributed by atoms with E-state index >= 15 is 0 Å². The van der Waals surface area contributed by atoms with Gasteiger partial charge in [-0.05, 0) is 46.8 Å². The van der Waals surface area contributed by atoms with Crippen molar-refractivity contribution in [1.29, 1.82) is 0 Å². The van der Waals surface area contributed by atoms with E-state index in [1.165, 1.54) is 11.1 Å². The summed E-state index contributed by atoms with van der Waals surface area (Å²) >= 11 is 6.05. The third-order valence-electron chi connectivity index (χ3n) is 5.98. The summed E-state index contributed by atoms with van der Waals surface area (Å²) in [5.41, 5.74) is 0.0123. The van der Waals surface area contributed by atoms with E-state index < -0.39 is 41.9 Å². The van der Waals surface area contributed by atoms with Crippen molar-refractivity contribution in [2.24, 2.45) is 0 Å². The molecule has 1 aliphatic heterocycles. The standard InChI is InChI=1S/C24H32ClF3N6O3/c1-22(2,3)37-21(36)33-9-8-32(14-18(33)11-20(35)30-15-24(26,27)28)23(4,5)19-6-7-34(31-19)17-10-16(25)12-29-13-17/h6-7,10,12-13,18H,8-9,11,14-15H2,1-5H3,(H,30,35)/t18-/m1/s1. The number of nitrogens with zero attached hydrogens (tertiary/aromatic N) is 5. The molecule has 0 spiro atoms. The van der Waals surface area contributed by atoms with Gasteiger partial charge in [0.05, 0.1) is 34.2 Å². The Morgan fingerprint density at radius 2 is 1.86 bits per heavy atom. The maximum atomic E-state index is 12.9. The summed E-state index contributed by atoms with van der Waals surface area (Å²) in [5.74, 6) is -0.798. The van der Waals surface area contributed by atoms with Gasteiger partial charge in [-0.15, -0.1) is 0 Å². The molecule has 13 heteroatoms. The van der Waals surface area contributed by atoms with Crippen LogP contribution < -0.4 is 5.32 Å². The number of amides is 2. The smallest absolute Gasteiger partial charge is 0.410 e. The zero-order valence-corrected chi connectivity index (χ0v) is 22.2. The van der Waals surface area contributed by atoms with Crippen molar-refractivity contribution in [2.75, 3.05) is 26.2 Å². The fourth-order valence-electron chi connectivity index (χ4n) is 4.07. The Bertz CT molecular complexity index is 1120. The van der Waals surface area contributed by atoms with Crippen LogP contribution in [0.5, 0.6) is 0 Å². The van der Waals surface area contributed by atoms with Gasteiger partial charge in [0.1, 0.15) is 12.1 Å². The Morgan fingerprint density at radius 3 is 2.49 bits per heavy atom. The number of carbonyl (C=O) groups is 2. The van der Waals surface area contributed by atoms with E-state index in [0.717, 1.165) is 5.69 Å². The van der Waals surface area contributed by atoms with E-state index in [1.54, 1.807) is 43.9 Å². The van der Waals surface area contributed by atoms with Gasteiger partial charge in [0.2, 0.25) is 5.91 Å². The third-order valence-corrected chi connectivity index (χ3v) is 6.19. The first-order chi connectivity index (χ1) is 17.0. The molecule has 3 heterocycles. The van der Waals surface area contributed by atoms with Gasteiger partial charge < -0.3 is 15.0 Å². The van der Waals surface area contributed by atoms with E-state index in [1.807, 2.05) is 25.2 Å². The number of pyridine rings is 1. The summed E-state index contributed by atoms with van der Waals surface area (Å²) in [5, 5.41) is 7.05. The minimum absolute atomic E-state index is 0.231. The Morgan fingerprint density at radius 1 is 1.16 bits per heavy atom. The molecule has 0 saturated carbocycles. The number of carbonyl (C=O) groups excluding carboxylic acids is 2. The molecule has 37 heavy (non-hydrogen) atoms. The maximum Gasteiger partial charge on any atom is 0.410 e. The van der Waals surface area contributed by atoms with Crippen LogP contribution in [0.25, 0.3) is 5.69 Å². The van der Waals surface area contributed by atoms with E-state index in [-0.39, 0.29) is 19.5 Å². The summed E-state index contributed by atoms with van der Waals surface area (Å²) in [6.45, 7) is 8.56. The van der Waals surface area contributed by atoms with Crippen LogP contribution in [0, 0.1) is 0 Å². The number of halogens is 4. The summed E-state index contributed by atoms with van der Waals surface area (Å²) in [6, 6.07) is 2.88. The normalized spacial score (nSPS) is 17.5. The van der Waals surface area contributed by atoms with E-state index in [0.29, 0.717) is 17.3 Å². The van der Waals surface area contributed by atoms with Gasteiger partial charge in [-0.3, -0.25) is 14.7 Å². The summed E-state index contributed by atoms with van der Waals surface area (Å²) < 4.78 is 45.0. The highest BCUT2D eigenvalue weighted by atomic mass is 35.5. The van der Waals surface area contributed by atoms with Gasteiger partial charge in [0.25, 0.3) is 0 Å². The molecule has 2 amide bonds. The van der Waals surface area contributed by atoms with Gasteiger partial charge in [0, 0.05) is 38.4 Å². The number of ether oxygens (including phenoxy) is 1. The van der Waals surface area contributed by atoms with Crippen LogP contribution in [0.3, 0.4) is 0 Å². The molecule has 1 N–H and O–H groups in total. The lowest BCUT2D eigenvalue weighted by atomic mass is 9.95. The molecule has 1 fully saturated rings. The number of piperazine rings is 1. The number of hydrogen-bond donors (Lipinski definition) is 1. The topological polar surface area (TPSA) is 92.6 Å². The van der Waals surface area contributed by atoms with Crippen LogP contribution >= 0.6 is 11.6 Å². The van der Waals surface area contributed by atoms with Crippen LogP contribution in [-0.4, -0.2) is 80.6 Å². The lowest BCUT2D eigenvalue weighted by Gasteiger charge is -2.47. The van der Waals surface area contributed by atoms with E-state index in [4.69, 9.17) is 16.3 Å². The third kappa shape index (κ3) is 7.81. The van der Waals surface area contributed by atoms with Crippen LogP contribution in [0.4, 0.5) is 18.0 Å². The van der Waals surface area contributed by atoms with Crippen molar-refractivity contribution >= 4 is 23.6 Å². The molecular weight excluding hydrogens is 513 g/mol. The number of nitrogens with one attached hydrogen (secondary N) is 1. The SMILES string of the molecule is CC(C)(C)OC(=O)N1CCN(C(C)(C)c2ccn(-c3cncc(Cl)c3)n2)C[C@H]1CC(=O)NCC(F)(F)F. The molecule has 1 aliphatic rings. The molecule has 0 aromatic carbocycles. The van der Waals surface area contributed by atoms with Crippen LogP contribution in [-0.2, 0) is 15.1 Å². The molecule has 0 radical (unpaired) electrons. The lowest BCUT2D eigenvalue weighted by molar-refractivity contribution is -0.139. The molecule has 9 nitrogen and oxygen atoms in total. The average molecular weight is 545 g/mol. The van der Waals surface area contributed by atoms with Crippen molar-refractivity contribution in [2.45, 2.75) is 64.4 Å². The first-order valence-corrected chi connectivity index (χ1v) is 12.2. The molecule has 0 unspecified atom stereocenters. The molecule has 0 aliphatic carbocycles. The Hall–Kier alpha value is -2.86. The zero-order chi connectivity index (χ0) is 27.6.